The monoisotopic (exact) mass is 167 g/mol. The molecule has 0 aliphatic heterocycles. The third kappa shape index (κ3) is 1.85. The van der Waals surface area contributed by atoms with Crippen molar-refractivity contribution in [2.45, 2.75) is 32.6 Å². The fraction of sp³-hybridized carbons (Fsp3) is 0.667. The summed E-state index contributed by atoms with van der Waals surface area (Å²) in [5.41, 5.74) is 8.09. The van der Waals surface area contributed by atoms with Crippen molar-refractivity contribution in [1.29, 1.82) is 0 Å². The van der Waals surface area contributed by atoms with Crippen LogP contribution >= 0.6 is 0 Å². The normalized spacial score (nSPS) is 12.0. The van der Waals surface area contributed by atoms with Crippen molar-refractivity contribution in [2.75, 3.05) is 6.54 Å². The molecule has 1 rings (SSSR count). The molecule has 0 saturated carbocycles. The Kier molecular flexibility index (Phi) is 2.52. The van der Waals surface area contributed by atoms with Crippen molar-refractivity contribution in [3.63, 3.8) is 0 Å². The molecule has 0 saturated heterocycles. The third-order valence-electron chi connectivity index (χ3n) is 1.92. The van der Waals surface area contributed by atoms with E-state index in [-0.39, 0.29) is 5.41 Å². The molecule has 3 N–H and O–H groups in total. The number of H-pyrrole nitrogens is 1. The Hall–Kier alpha value is -0.830. The van der Waals surface area contributed by atoms with Gasteiger partial charge in [0, 0.05) is 12.1 Å². The average molecular weight is 167 g/mol. The molecular formula is C9H17N3. The Morgan fingerprint density at radius 3 is 2.67 bits per heavy atom. The van der Waals surface area contributed by atoms with Crippen molar-refractivity contribution < 1.29 is 0 Å². The minimum atomic E-state index is 0.164. The van der Waals surface area contributed by atoms with Gasteiger partial charge in [0.05, 0.1) is 6.20 Å². The Morgan fingerprint density at radius 2 is 2.17 bits per heavy atom. The van der Waals surface area contributed by atoms with Gasteiger partial charge in [0.1, 0.15) is 0 Å². The number of nitrogens with one attached hydrogen (secondary N) is 1. The number of nitrogens with two attached hydrogens (primary N) is 1. The molecule has 0 spiro atoms. The van der Waals surface area contributed by atoms with Crippen LogP contribution in [0.5, 0.6) is 0 Å². The molecule has 1 aromatic rings. The first-order chi connectivity index (χ1) is 5.55. The molecule has 68 valence electrons. The molecule has 12 heavy (non-hydrogen) atoms. The van der Waals surface area contributed by atoms with Gasteiger partial charge >= 0.3 is 0 Å². The summed E-state index contributed by atoms with van der Waals surface area (Å²) in [6, 6.07) is 0. The van der Waals surface area contributed by atoms with Gasteiger partial charge in [-0.1, -0.05) is 20.8 Å². The fourth-order valence-electron chi connectivity index (χ4n) is 1.29. The SMILES string of the molecule is CC(C)(C)c1cn[nH]c1CCN. The van der Waals surface area contributed by atoms with Gasteiger partial charge in [-0.15, -0.1) is 0 Å². The third-order valence-corrected chi connectivity index (χ3v) is 1.92. The lowest BCUT2D eigenvalue weighted by atomic mass is 9.87. The summed E-state index contributed by atoms with van der Waals surface area (Å²) in [6.07, 6.45) is 2.78. The van der Waals surface area contributed by atoms with Crippen LogP contribution in [0.25, 0.3) is 0 Å². The van der Waals surface area contributed by atoms with Gasteiger partial charge in [-0.2, -0.15) is 5.10 Å². The zero-order chi connectivity index (χ0) is 9.19. The first-order valence-corrected chi connectivity index (χ1v) is 4.28. The van der Waals surface area contributed by atoms with E-state index in [1.165, 1.54) is 11.3 Å². The van der Waals surface area contributed by atoms with Crippen LogP contribution in [0, 0.1) is 0 Å². The molecule has 0 radical (unpaired) electrons. The second kappa shape index (κ2) is 3.27. The van der Waals surface area contributed by atoms with E-state index in [1.807, 2.05) is 6.20 Å². The highest BCUT2D eigenvalue weighted by Crippen LogP contribution is 2.24. The highest BCUT2D eigenvalue weighted by Gasteiger charge is 2.18. The summed E-state index contributed by atoms with van der Waals surface area (Å²) in [7, 11) is 0. The lowest BCUT2D eigenvalue weighted by molar-refractivity contribution is 0.582. The number of hydrogen-bond donors (Lipinski definition) is 2. The molecule has 0 atom stereocenters. The van der Waals surface area contributed by atoms with E-state index in [1.54, 1.807) is 0 Å². The van der Waals surface area contributed by atoms with Crippen LogP contribution < -0.4 is 5.73 Å². The smallest absolute Gasteiger partial charge is 0.0527 e. The van der Waals surface area contributed by atoms with Crippen LogP contribution in [0.4, 0.5) is 0 Å². The van der Waals surface area contributed by atoms with Crippen LogP contribution in [0.3, 0.4) is 0 Å². The molecular weight excluding hydrogens is 150 g/mol. The number of hydrogen-bond acceptors (Lipinski definition) is 2. The zero-order valence-corrected chi connectivity index (χ0v) is 8.02. The van der Waals surface area contributed by atoms with Gasteiger partial charge in [0.2, 0.25) is 0 Å². The molecule has 0 aromatic carbocycles. The fourth-order valence-corrected chi connectivity index (χ4v) is 1.29. The van der Waals surface area contributed by atoms with Gasteiger partial charge in [-0.25, -0.2) is 0 Å². The lowest BCUT2D eigenvalue weighted by Gasteiger charge is -2.18. The van der Waals surface area contributed by atoms with E-state index in [0.717, 1.165) is 6.42 Å². The number of rotatable bonds is 2. The Bertz CT molecular complexity index is 245. The summed E-state index contributed by atoms with van der Waals surface area (Å²) >= 11 is 0. The molecule has 0 unspecified atom stereocenters. The predicted octanol–water partition coefficient (Wildman–Crippen LogP) is 1.21. The molecule has 0 bridgehead atoms. The minimum absolute atomic E-state index is 0.164. The van der Waals surface area contributed by atoms with Crippen LogP contribution in [0.15, 0.2) is 6.20 Å². The maximum absolute atomic E-state index is 5.48. The summed E-state index contributed by atoms with van der Waals surface area (Å²) in [5.74, 6) is 0. The van der Waals surface area contributed by atoms with Gasteiger partial charge in [0.15, 0.2) is 0 Å². The van der Waals surface area contributed by atoms with E-state index in [2.05, 4.69) is 31.0 Å². The molecule has 0 fully saturated rings. The van der Waals surface area contributed by atoms with Crippen LogP contribution in [0.2, 0.25) is 0 Å². The first-order valence-electron chi connectivity index (χ1n) is 4.28. The van der Waals surface area contributed by atoms with Gasteiger partial charge < -0.3 is 5.73 Å². The summed E-state index contributed by atoms with van der Waals surface area (Å²) in [6.45, 7) is 7.21. The zero-order valence-electron chi connectivity index (χ0n) is 8.02. The summed E-state index contributed by atoms with van der Waals surface area (Å²) in [5, 5.41) is 7.01. The van der Waals surface area contributed by atoms with Gasteiger partial charge in [0.25, 0.3) is 0 Å². The molecule has 1 aromatic heterocycles. The minimum Gasteiger partial charge on any atom is -0.330 e. The molecule has 3 nitrogen and oxygen atoms in total. The van der Waals surface area contributed by atoms with E-state index < -0.39 is 0 Å². The van der Waals surface area contributed by atoms with Crippen molar-refractivity contribution in [2.24, 2.45) is 5.73 Å². The van der Waals surface area contributed by atoms with E-state index in [4.69, 9.17) is 5.73 Å². The standard InChI is InChI=1S/C9H17N3/c1-9(2,3)7-6-11-12-8(7)4-5-10/h6H,4-5,10H2,1-3H3,(H,11,12). The Balaban J connectivity index is 2.91. The molecule has 1 heterocycles. The first kappa shape index (κ1) is 9.26. The molecule has 0 aliphatic rings. The predicted molar refractivity (Wildman–Crippen MR) is 50.0 cm³/mol. The van der Waals surface area contributed by atoms with Crippen LogP contribution in [-0.4, -0.2) is 16.7 Å². The Morgan fingerprint density at radius 1 is 1.50 bits per heavy atom. The number of nitrogens with zero attached hydrogens (tertiary/aromatic N) is 1. The van der Waals surface area contributed by atoms with E-state index in [9.17, 15) is 0 Å². The number of aromatic nitrogens is 2. The van der Waals surface area contributed by atoms with Crippen LogP contribution in [-0.2, 0) is 11.8 Å². The van der Waals surface area contributed by atoms with Crippen molar-refractivity contribution in [3.8, 4) is 0 Å². The van der Waals surface area contributed by atoms with E-state index in [0.29, 0.717) is 6.54 Å². The number of aromatic amines is 1. The molecule has 0 aliphatic carbocycles. The maximum Gasteiger partial charge on any atom is 0.0527 e. The van der Waals surface area contributed by atoms with Crippen molar-refractivity contribution >= 4 is 0 Å². The Labute approximate surface area is 73.4 Å². The topological polar surface area (TPSA) is 54.7 Å². The van der Waals surface area contributed by atoms with Crippen molar-refractivity contribution in [1.82, 2.24) is 10.2 Å². The molecule has 0 amide bonds. The second-order valence-electron chi connectivity index (χ2n) is 4.05. The second-order valence-corrected chi connectivity index (χ2v) is 4.05. The summed E-state index contributed by atoms with van der Waals surface area (Å²) < 4.78 is 0. The lowest BCUT2D eigenvalue weighted by Crippen LogP contribution is -2.14. The highest BCUT2D eigenvalue weighted by molar-refractivity contribution is 5.24. The van der Waals surface area contributed by atoms with E-state index >= 15 is 0 Å². The quantitative estimate of drug-likeness (QED) is 0.695. The summed E-state index contributed by atoms with van der Waals surface area (Å²) in [4.78, 5) is 0. The average Bonchev–Trinajstić information content (AvgIpc) is 2.34. The van der Waals surface area contributed by atoms with Crippen LogP contribution in [0.1, 0.15) is 32.0 Å². The van der Waals surface area contributed by atoms with Gasteiger partial charge in [-0.05, 0) is 17.5 Å². The van der Waals surface area contributed by atoms with Gasteiger partial charge in [-0.3, -0.25) is 5.10 Å². The highest BCUT2D eigenvalue weighted by atomic mass is 15.1. The van der Waals surface area contributed by atoms with Crippen molar-refractivity contribution in [3.05, 3.63) is 17.5 Å². The largest absolute Gasteiger partial charge is 0.330 e. The maximum atomic E-state index is 5.48. The molecule has 3 heteroatoms.